The summed E-state index contributed by atoms with van der Waals surface area (Å²) in [6.07, 6.45) is 2.19. The smallest absolute Gasteiger partial charge is 0.273 e. The van der Waals surface area contributed by atoms with E-state index in [4.69, 9.17) is 5.73 Å². The van der Waals surface area contributed by atoms with Crippen LogP contribution >= 0.6 is 11.8 Å². The van der Waals surface area contributed by atoms with Gasteiger partial charge in [-0.05, 0) is 36.2 Å². The third kappa shape index (κ3) is 4.73. The molecule has 3 rings (SSSR count). The van der Waals surface area contributed by atoms with Crippen LogP contribution in [0.4, 0.5) is 5.82 Å². The Bertz CT molecular complexity index is 886. The van der Waals surface area contributed by atoms with Crippen molar-refractivity contribution in [3.63, 3.8) is 0 Å². The average molecular weight is 366 g/mol. The molecule has 6 nitrogen and oxygen atoms in total. The van der Waals surface area contributed by atoms with Gasteiger partial charge < -0.3 is 16.2 Å². The molecule has 1 aromatic heterocycles. The number of amides is 1. The molecule has 132 valence electrons. The first-order valence-corrected chi connectivity index (χ1v) is 8.85. The Balaban J connectivity index is 1.62. The first-order valence-electron chi connectivity index (χ1n) is 8.03. The van der Waals surface area contributed by atoms with Crippen molar-refractivity contribution in [2.75, 3.05) is 12.3 Å². The van der Waals surface area contributed by atoms with Gasteiger partial charge in [-0.3, -0.25) is 4.79 Å². The van der Waals surface area contributed by atoms with Crippen LogP contribution in [-0.2, 0) is 6.42 Å². The highest BCUT2D eigenvalue weighted by Gasteiger charge is 2.14. The van der Waals surface area contributed by atoms with Crippen LogP contribution in [0.5, 0.6) is 5.75 Å². The summed E-state index contributed by atoms with van der Waals surface area (Å²) in [7, 11) is 0. The Labute approximate surface area is 155 Å². The van der Waals surface area contributed by atoms with Gasteiger partial charge in [0.25, 0.3) is 5.91 Å². The van der Waals surface area contributed by atoms with Crippen LogP contribution in [0.3, 0.4) is 0 Å². The van der Waals surface area contributed by atoms with Crippen LogP contribution in [0.15, 0.2) is 70.7 Å². The summed E-state index contributed by atoms with van der Waals surface area (Å²) in [4.78, 5) is 21.8. The number of hydrogen-bond acceptors (Lipinski definition) is 6. The highest BCUT2D eigenvalue weighted by Crippen LogP contribution is 2.25. The average Bonchev–Trinajstić information content (AvgIpc) is 2.65. The number of nitrogens with two attached hydrogens (primary N) is 1. The van der Waals surface area contributed by atoms with Crippen LogP contribution in [0, 0.1) is 0 Å². The van der Waals surface area contributed by atoms with Gasteiger partial charge in [0.2, 0.25) is 0 Å². The molecule has 3 aromatic rings. The highest BCUT2D eigenvalue weighted by molar-refractivity contribution is 7.99. The fourth-order valence-corrected chi connectivity index (χ4v) is 3.05. The van der Waals surface area contributed by atoms with Crippen molar-refractivity contribution in [3.05, 3.63) is 72.1 Å². The second-order valence-corrected chi connectivity index (χ2v) is 6.62. The van der Waals surface area contributed by atoms with E-state index in [9.17, 15) is 9.90 Å². The second kappa shape index (κ2) is 8.35. The van der Waals surface area contributed by atoms with Crippen LogP contribution in [0.25, 0.3) is 0 Å². The molecular weight excluding hydrogens is 348 g/mol. The monoisotopic (exact) mass is 366 g/mol. The van der Waals surface area contributed by atoms with Gasteiger partial charge in [0.15, 0.2) is 11.5 Å². The molecule has 0 saturated carbocycles. The molecule has 4 N–H and O–H groups in total. The van der Waals surface area contributed by atoms with E-state index in [1.807, 2.05) is 42.5 Å². The van der Waals surface area contributed by atoms with Gasteiger partial charge in [-0.1, -0.05) is 42.1 Å². The Kier molecular flexibility index (Phi) is 5.70. The van der Waals surface area contributed by atoms with Gasteiger partial charge in [-0.15, -0.1) is 0 Å². The number of benzene rings is 2. The minimum Gasteiger partial charge on any atom is -0.508 e. The topological polar surface area (TPSA) is 101 Å². The third-order valence-corrected chi connectivity index (χ3v) is 4.51. The molecule has 0 fully saturated rings. The summed E-state index contributed by atoms with van der Waals surface area (Å²) in [6, 6.07) is 16.6. The summed E-state index contributed by atoms with van der Waals surface area (Å²) in [6.45, 7) is 0.431. The van der Waals surface area contributed by atoms with Crippen LogP contribution < -0.4 is 11.1 Å². The predicted molar refractivity (Wildman–Crippen MR) is 101 cm³/mol. The lowest BCUT2D eigenvalue weighted by Gasteiger charge is -2.08. The van der Waals surface area contributed by atoms with Crippen LogP contribution in [-0.4, -0.2) is 27.5 Å². The quantitative estimate of drug-likeness (QED) is 0.620. The zero-order chi connectivity index (χ0) is 18.4. The van der Waals surface area contributed by atoms with Crippen molar-refractivity contribution in [1.29, 1.82) is 0 Å². The van der Waals surface area contributed by atoms with E-state index in [1.165, 1.54) is 11.8 Å². The van der Waals surface area contributed by atoms with Crippen LogP contribution in [0.2, 0.25) is 0 Å². The molecule has 7 heteroatoms. The number of aromatic hydroxyl groups is 1. The maximum Gasteiger partial charge on any atom is 0.273 e. The van der Waals surface area contributed by atoms with E-state index < -0.39 is 0 Å². The highest BCUT2D eigenvalue weighted by atomic mass is 32.2. The number of carbonyl (C=O) groups excluding carboxylic acids is 1. The molecule has 0 bridgehead atoms. The minimum absolute atomic E-state index is 0.101. The summed E-state index contributed by atoms with van der Waals surface area (Å²) >= 11 is 1.42. The number of phenols is 1. The van der Waals surface area contributed by atoms with Gasteiger partial charge >= 0.3 is 0 Å². The minimum atomic E-state index is -0.357. The van der Waals surface area contributed by atoms with Gasteiger partial charge in [0.05, 0.1) is 6.20 Å². The molecule has 0 aliphatic heterocycles. The van der Waals surface area contributed by atoms with Crippen molar-refractivity contribution < 1.29 is 9.90 Å². The Morgan fingerprint density at radius 1 is 1.12 bits per heavy atom. The van der Waals surface area contributed by atoms with Crippen molar-refractivity contribution >= 4 is 23.5 Å². The molecular formula is C19H18N4O2S. The summed E-state index contributed by atoms with van der Waals surface area (Å²) in [5.41, 5.74) is 6.94. The number of phenolic OH excluding ortho intramolecular Hbond substituents is 1. The Morgan fingerprint density at radius 2 is 1.85 bits per heavy atom. The second-order valence-electron chi connectivity index (χ2n) is 5.53. The molecule has 0 radical (unpaired) electrons. The molecule has 0 unspecified atom stereocenters. The van der Waals surface area contributed by atoms with E-state index in [0.717, 1.165) is 10.5 Å². The number of aromatic nitrogens is 2. The van der Waals surface area contributed by atoms with Gasteiger partial charge in [0.1, 0.15) is 10.8 Å². The van der Waals surface area contributed by atoms with E-state index in [0.29, 0.717) is 18.0 Å². The fraction of sp³-hybridized carbons (Fsp3) is 0.105. The van der Waals surface area contributed by atoms with E-state index in [1.54, 1.807) is 18.3 Å². The van der Waals surface area contributed by atoms with E-state index in [-0.39, 0.29) is 23.2 Å². The number of rotatable bonds is 6. The zero-order valence-corrected chi connectivity index (χ0v) is 14.7. The summed E-state index contributed by atoms with van der Waals surface area (Å²) < 4.78 is 0. The first-order chi connectivity index (χ1) is 12.6. The standard InChI is InChI=1S/C19H18N4O2S/c20-18-17(19(25)21-11-10-13-6-8-14(24)9-7-13)23-16(12-22-18)26-15-4-2-1-3-5-15/h1-9,12,24H,10-11H2,(H2,20,22)(H,21,25). The SMILES string of the molecule is Nc1ncc(Sc2ccccc2)nc1C(=O)NCCc1ccc(O)cc1. The molecule has 26 heavy (non-hydrogen) atoms. The lowest BCUT2D eigenvalue weighted by molar-refractivity contribution is 0.0949. The lowest BCUT2D eigenvalue weighted by Crippen LogP contribution is -2.28. The number of nitrogens with zero attached hydrogens (tertiary/aromatic N) is 2. The van der Waals surface area contributed by atoms with Gasteiger partial charge in [-0.2, -0.15) is 0 Å². The summed E-state index contributed by atoms with van der Waals surface area (Å²) in [5.74, 6) is -0.0394. The van der Waals surface area contributed by atoms with Crippen molar-refractivity contribution in [2.45, 2.75) is 16.3 Å². The first kappa shape index (κ1) is 17.8. The largest absolute Gasteiger partial charge is 0.508 e. The number of hydrogen-bond donors (Lipinski definition) is 3. The molecule has 0 saturated heterocycles. The Hall–Kier alpha value is -3.06. The zero-order valence-electron chi connectivity index (χ0n) is 13.9. The van der Waals surface area contributed by atoms with E-state index in [2.05, 4.69) is 15.3 Å². The number of carbonyl (C=O) groups is 1. The van der Waals surface area contributed by atoms with Gasteiger partial charge in [-0.25, -0.2) is 9.97 Å². The number of nitrogens with one attached hydrogen (secondary N) is 1. The molecule has 0 atom stereocenters. The molecule has 0 aliphatic rings. The third-order valence-electron chi connectivity index (χ3n) is 3.59. The molecule has 2 aromatic carbocycles. The van der Waals surface area contributed by atoms with E-state index >= 15 is 0 Å². The molecule has 1 amide bonds. The Morgan fingerprint density at radius 3 is 2.58 bits per heavy atom. The number of nitrogen functional groups attached to an aromatic ring is 1. The van der Waals surface area contributed by atoms with Crippen molar-refractivity contribution in [2.24, 2.45) is 0 Å². The lowest BCUT2D eigenvalue weighted by atomic mass is 10.1. The molecule has 1 heterocycles. The fourth-order valence-electron chi connectivity index (χ4n) is 2.27. The van der Waals surface area contributed by atoms with Crippen molar-refractivity contribution in [1.82, 2.24) is 15.3 Å². The van der Waals surface area contributed by atoms with Gasteiger partial charge in [0, 0.05) is 11.4 Å². The molecule has 0 spiro atoms. The normalized spacial score (nSPS) is 10.5. The maximum absolute atomic E-state index is 12.4. The molecule has 0 aliphatic carbocycles. The van der Waals surface area contributed by atoms with Crippen molar-refractivity contribution in [3.8, 4) is 5.75 Å². The van der Waals surface area contributed by atoms with Crippen LogP contribution in [0.1, 0.15) is 16.1 Å². The summed E-state index contributed by atoms with van der Waals surface area (Å²) in [5, 5.41) is 12.7. The predicted octanol–water partition coefficient (Wildman–Crippen LogP) is 2.89. The maximum atomic E-state index is 12.4. The number of anilines is 1.